The highest BCUT2D eigenvalue weighted by Crippen LogP contribution is 2.17. The highest BCUT2D eigenvalue weighted by Gasteiger charge is 2.16. The molecular formula is C10H19N3O2. The molecule has 0 aromatic carbocycles. The van der Waals surface area contributed by atoms with E-state index in [1.807, 2.05) is 0 Å². The fourth-order valence-corrected chi connectivity index (χ4v) is 1.60. The Morgan fingerprint density at radius 1 is 1.47 bits per heavy atom. The molecule has 0 radical (unpaired) electrons. The van der Waals surface area contributed by atoms with E-state index in [2.05, 4.69) is 15.3 Å². The number of carbonyl (C=O) groups is 1. The SMILES string of the molecule is C/C(CN)=N\OC(=O)NC1CCCCC1. The second-order valence-corrected chi connectivity index (χ2v) is 3.89. The average Bonchev–Trinajstić information content (AvgIpc) is 2.27. The first-order valence-electron chi connectivity index (χ1n) is 5.43. The van der Waals surface area contributed by atoms with Crippen molar-refractivity contribution in [1.29, 1.82) is 0 Å². The smallest absolute Gasteiger partial charge is 0.325 e. The van der Waals surface area contributed by atoms with E-state index in [0.717, 1.165) is 12.8 Å². The van der Waals surface area contributed by atoms with E-state index < -0.39 is 6.09 Å². The van der Waals surface area contributed by atoms with Gasteiger partial charge in [-0.05, 0) is 19.8 Å². The lowest BCUT2D eigenvalue weighted by atomic mass is 9.96. The fourth-order valence-electron chi connectivity index (χ4n) is 1.60. The maximum Gasteiger partial charge on any atom is 0.433 e. The standard InChI is InChI=1S/C10H19N3O2/c1-8(7-11)13-15-10(14)12-9-5-3-2-4-6-9/h9H,2-7,11H2,1H3,(H,12,14)/b13-8+. The second kappa shape index (κ2) is 6.40. The number of nitrogens with zero attached hydrogens (tertiary/aromatic N) is 1. The van der Waals surface area contributed by atoms with Crippen LogP contribution in [-0.4, -0.2) is 24.4 Å². The summed E-state index contributed by atoms with van der Waals surface area (Å²) in [4.78, 5) is 15.9. The van der Waals surface area contributed by atoms with Gasteiger partial charge in [-0.3, -0.25) is 4.84 Å². The quantitative estimate of drug-likeness (QED) is 0.422. The molecule has 1 saturated carbocycles. The molecular weight excluding hydrogens is 194 g/mol. The van der Waals surface area contributed by atoms with Crippen LogP contribution in [0.15, 0.2) is 5.16 Å². The van der Waals surface area contributed by atoms with Crippen LogP contribution in [0.5, 0.6) is 0 Å². The summed E-state index contributed by atoms with van der Waals surface area (Å²) >= 11 is 0. The Balaban J connectivity index is 2.22. The Morgan fingerprint density at radius 3 is 2.73 bits per heavy atom. The topological polar surface area (TPSA) is 76.7 Å². The van der Waals surface area contributed by atoms with Crippen molar-refractivity contribution in [3.8, 4) is 0 Å². The summed E-state index contributed by atoms with van der Waals surface area (Å²) in [7, 11) is 0. The zero-order valence-electron chi connectivity index (χ0n) is 9.16. The molecule has 1 fully saturated rings. The van der Waals surface area contributed by atoms with Crippen LogP contribution in [0.4, 0.5) is 4.79 Å². The Kier molecular flexibility index (Phi) is 5.10. The lowest BCUT2D eigenvalue weighted by Crippen LogP contribution is -2.36. The molecule has 0 aromatic heterocycles. The van der Waals surface area contributed by atoms with Crippen LogP contribution in [0.1, 0.15) is 39.0 Å². The number of hydrogen-bond acceptors (Lipinski definition) is 4. The largest absolute Gasteiger partial charge is 0.433 e. The third-order valence-electron chi connectivity index (χ3n) is 2.51. The number of amides is 1. The molecule has 3 N–H and O–H groups in total. The van der Waals surface area contributed by atoms with Gasteiger partial charge in [-0.15, -0.1) is 0 Å². The van der Waals surface area contributed by atoms with Crippen LogP contribution >= 0.6 is 0 Å². The predicted molar refractivity (Wildman–Crippen MR) is 58.7 cm³/mol. The van der Waals surface area contributed by atoms with Gasteiger partial charge in [-0.2, -0.15) is 0 Å². The molecule has 0 aliphatic heterocycles. The zero-order chi connectivity index (χ0) is 11.1. The minimum atomic E-state index is -0.477. The van der Waals surface area contributed by atoms with Gasteiger partial charge < -0.3 is 11.1 Å². The number of hydrogen-bond donors (Lipinski definition) is 2. The average molecular weight is 213 g/mol. The monoisotopic (exact) mass is 213 g/mol. The van der Waals surface area contributed by atoms with Gasteiger partial charge in [0.1, 0.15) is 0 Å². The van der Waals surface area contributed by atoms with E-state index in [1.165, 1.54) is 19.3 Å². The van der Waals surface area contributed by atoms with E-state index in [4.69, 9.17) is 5.73 Å². The molecule has 86 valence electrons. The van der Waals surface area contributed by atoms with E-state index in [0.29, 0.717) is 12.3 Å². The molecule has 5 nitrogen and oxygen atoms in total. The molecule has 0 bridgehead atoms. The first kappa shape index (κ1) is 12.0. The molecule has 1 aliphatic rings. The summed E-state index contributed by atoms with van der Waals surface area (Å²) in [6, 6.07) is 0.250. The first-order valence-corrected chi connectivity index (χ1v) is 5.43. The molecule has 15 heavy (non-hydrogen) atoms. The van der Waals surface area contributed by atoms with Crippen molar-refractivity contribution in [3.63, 3.8) is 0 Å². The normalized spacial score (nSPS) is 18.7. The second-order valence-electron chi connectivity index (χ2n) is 3.89. The van der Waals surface area contributed by atoms with Crippen LogP contribution in [0.25, 0.3) is 0 Å². The van der Waals surface area contributed by atoms with Gasteiger partial charge in [-0.1, -0.05) is 24.4 Å². The van der Waals surface area contributed by atoms with Crippen molar-refractivity contribution in [2.75, 3.05) is 6.54 Å². The van der Waals surface area contributed by atoms with Crippen LogP contribution in [0.2, 0.25) is 0 Å². The zero-order valence-corrected chi connectivity index (χ0v) is 9.16. The predicted octanol–water partition coefficient (Wildman–Crippen LogP) is 1.38. The molecule has 0 saturated heterocycles. The maximum absolute atomic E-state index is 11.3. The van der Waals surface area contributed by atoms with Crippen molar-refractivity contribution in [2.45, 2.75) is 45.1 Å². The van der Waals surface area contributed by atoms with Crippen LogP contribution in [0, 0.1) is 0 Å². The summed E-state index contributed by atoms with van der Waals surface area (Å²) in [5, 5.41) is 6.38. The number of nitrogens with two attached hydrogens (primary N) is 1. The summed E-state index contributed by atoms with van der Waals surface area (Å²) in [6.45, 7) is 2.02. The molecule has 0 aromatic rings. The summed E-state index contributed by atoms with van der Waals surface area (Å²) in [6.07, 6.45) is 5.21. The maximum atomic E-state index is 11.3. The van der Waals surface area contributed by atoms with Crippen LogP contribution in [0.3, 0.4) is 0 Å². The Hall–Kier alpha value is -1.10. The molecule has 0 atom stereocenters. The molecule has 5 heteroatoms. The van der Waals surface area contributed by atoms with E-state index in [-0.39, 0.29) is 6.04 Å². The molecule has 1 amide bonds. The van der Waals surface area contributed by atoms with Gasteiger partial charge in [0.25, 0.3) is 0 Å². The van der Waals surface area contributed by atoms with Gasteiger partial charge in [-0.25, -0.2) is 4.79 Å². The minimum absolute atomic E-state index is 0.250. The van der Waals surface area contributed by atoms with Gasteiger partial charge in [0.15, 0.2) is 0 Å². The van der Waals surface area contributed by atoms with Crippen molar-refractivity contribution >= 4 is 11.8 Å². The Bertz CT molecular complexity index is 235. The van der Waals surface area contributed by atoms with Gasteiger partial charge in [0.2, 0.25) is 0 Å². The van der Waals surface area contributed by atoms with Crippen molar-refractivity contribution in [1.82, 2.24) is 5.32 Å². The summed E-state index contributed by atoms with van der Waals surface area (Å²) < 4.78 is 0. The van der Waals surface area contributed by atoms with Crippen molar-refractivity contribution in [3.05, 3.63) is 0 Å². The Morgan fingerprint density at radius 2 is 2.13 bits per heavy atom. The minimum Gasteiger partial charge on any atom is -0.325 e. The van der Waals surface area contributed by atoms with Crippen molar-refractivity contribution < 1.29 is 9.63 Å². The van der Waals surface area contributed by atoms with Crippen molar-refractivity contribution in [2.24, 2.45) is 10.9 Å². The molecule has 1 aliphatic carbocycles. The molecule has 0 heterocycles. The van der Waals surface area contributed by atoms with E-state index in [9.17, 15) is 4.79 Å². The van der Waals surface area contributed by atoms with E-state index >= 15 is 0 Å². The summed E-state index contributed by atoms with van der Waals surface area (Å²) in [5.41, 5.74) is 5.91. The molecule has 1 rings (SSSR count). The van der Waals surface area contributed by atoms with Crippen LogP contribution in [-0.2, 0) is 4.84 Å². The molecule has 0 unspecified atom stereocenters. The number of carbonyl (C=O) groups excluding carboxylic acids is 1. The lowest BCUT2D eigenvalue weighted by molar-refractivity contribution is 0.143. The number of oxime groups is 1. The third-order valence-corrected chi connectivity index (χ3v) is 2.51. The lowest BCUT2D eigenvalue weighted by Gasteiger charge is -2.21. The van der Waals surface area contributed by atoms with Gasteiger partial charge in [0.05, 0.1) is 5.71 Å². The van der Waals surface area contributed by atoms with Gasteiger partial charge >= 0.3 is 6.09 Å². The summed E-state index contributed by atoms with van der Waals surface area (Å²) in [5.74, 6) is 0. The first-order chi connectivity index (χ1) is 7.22. The highest BCUT2D eigenvalue weighted by atomic mass is 16.7. The van der Waals surface area contributed by atoms with Crippen LogP contribution < -0.4 is 11.1 Å². The number of nitrogens with one attached hydrogen (secondary N) is 1. The highest BCUT2D eigenvalue weighted by molar-refractivity contribution is 5.83. The fraction of sp³-hybridized carbons (Fsp3) is 0.800. The third kappa shape index (κ3) is 4.78. The van der Waals surface area contributed by atoms with Gasteiger partial charge in [0, 0.05) is 12.6 Å². The number of rotatable bonds is 3. The van der Waals surface area contributed by atoms with E-state index in [1.54, 1.807) is 6.92 Å². The molecule has 0 spiro atoms. The Labute approximate surface area is 90.0 Å².